The highest BCUT2D eigenvalue weighted by Gasteiger charge is 2.15. The number of esters is 1. The summed E-state index contributed by atoms with van der Waals surface area (Å²) in [7, 11) is 2.88. The third kappa shape index (κ3) is 4.45. The molecule has 13 heavy (non-hydrogen) atoms. The van der Waals surface area contributed by atoms with Crippen LogP contribution in [0.25, 0.3) is 0 Å². The maximum atomic E-state index is 12.2. The Hall–Kier alpha value is -1.13. The molecule has 0 aliphatic rings. The highest BCUT2D eigenvalue weighted by Crippen LogP contribution is 2.10. The fourth-order valence-electron chi connectivity index (χ4n) is 0.692. The van der Waals surface area contributed by atoms with E-state index in [4.69, 9.17) is 0 Å². The van der Waals surface area contributed by atoms with Crippen LogP contribution in [-0.2, 0) is 9.53 Å². The smallest absolute Gasteiger partial charge is 0.332 e. The van der Waals surface area contributed by atoms with Gasteiger partial charge < -0.3 is 9.64 Å². The van der Waals surface area contributed by atoms with Gasteiger partial charge in [-0.1, -0.05) is 0 Å². The van der Waals surface area contributed by atoms with Gasteiger partial charge in [0.2, 0.25) is 0 Å². The van der Waals surface area contributed by atoms with Crippen LogP contribution in [-0.4, -0.2) is 38.0 Å². The van der Waals surface area contributed by atoms with Gasteiger partial charge in [-0.05, 0) is 6.92 Å². The van der Waals surface area contributed by atoms with Crippen LogP contribution in [0.2, 0.25) is 0 Å². The van der Waals surface area contributed by atoms with Crippen LogP contribution < -0.4 is 0 Å². The number of carbonyl (C=O) groups excluding carboxylic acids is 1. The van der Waals surface area contributed by atoms with Crippen molar-refractivity contribution in [2.75, 3.05) is 20.7 Å². The minimum Gasteiger partial charge on any atom is -0.463 e. The average molecular weight is 193 g/mol. The van der Waals surface area contributed by atoms with Gasteiger partial charge in [0.1, 0.15) is 0 Å². The fraction of sp³-hybridized carbons (Fsp3) is 0.625. The number of hydrogen-bond acceptors (Lipinski definition) is 3. The van der Waals surface area contributed by atoms with Crippen molar-refractivity contribution in [1.82, 2.24) is 4.90 Å². The Bertz CT molecular complexity index is 192. The van der Waals surface area contributed by atoms with Crippen molar-refractivity contribution >= 4 is 5.97 Å². The Morgan fingerprint density at radius 1 is 1.54 bits per heavy atom. The summed E-state index contributed by atoms with van der Waals surface area (Å²) in [6.45, 7) is 1.79. The summed E-state index contributed by atoms with van der Waals surface area (Å²) >= 11 is 0. The number of hydrogen-bond donors (Lipinski definition) is 0. The lowest BCUT2D eigenvalue weighted by atomic mass is 10.4. The van der Waals surface area contributed by atoms with Crippen molar-refractivity contribution in [3.05, 3.63) is 11.8 Å². The zero-order chi connectivity index (χ0) is 10.4. The van der Waals surface area contributed by atoms with Gasteiger partial charge in [-0.25, -0.2) is 13.6 Å². The molecule has 0 amide bonds. The number of carbonyl (C=O) groups is 1. The van der Waals surface area contributed by atoms with E-state index in [0.29, 0.717) is 0 Å². The lowest BCUT2D eigenvalue weighted by molar-refractivity contribution is -0.137. The number of nitrogens with zero attached hydrogens (tertiary/aromatic N) is 1. The molecule has 0 heterocycles. The SMILES string of the molecule is CCOC(=O)/C=C(/C(F)F)N(C)C. The molecule has 0 aromatic heterocycles. The number of allylic oxidation sites excluding steroid dienone is 1. The van der Waals surface area contributed by atoms with E-state index in [1.165, 1.54) is 19.0 Å². The lowest BCUT2D eigenvalue weighted by Crippen LogP contribution is -2.19. The molecule has 0 fully saturated rings. The molecular weight excluding hydrogens is 180 g/mol. The van der Waals surface area contributed by atoms with Crippen molar-refractivity contribution in [3.8, 4) is 0 Å². The lowest BCUT2D eigenvalue weighted by Gasteiger charge is -2.15. The van der Waals surface area contributed by atoms with E-state index >= 15 is 0 Å². The molecule has 3 nitrogen and oxygen atoms in total. The Labute approximate surface area is 76.0 Å². The maximum Gasteiger partial charge on any atom is 0.332 e. The van der Waals surface area contributed by atoms with Gasteiger partial charge in [-0.2, -0.15) is 0 Å². The molecule has 76 valence electrons. The molecule has 0 saturated carbocycles. The van der Waals surface area contributed by atoms with Gasteiger partial charge in [0.15, 0.2) is 0 Å². The first-order valence-electron chi connectivity index (χ1n) is 3.82. The van der Waals surface area contributed by atoms with Gasteiger partial charge in [-0.3, -0.25) is 0 Å². The van der Waals surface area contributed by atoms with Crippen LogP contribution >= 0.6 is 0 Å². The summed E-state index contributed by atoms with van der Waals surface area (Å²) < 4.78 is 29.0. The normalized spacial score (nSPS) is 11.7. The van der Waals surface area contributed by atoms with E-state index in [1.807, 2.05) is 0 Å². The van der Waals surface area contributed by atoms with Gasteiger partial charge in [0.05, 0.1) is 12.3 Å². The molecule has 0 unspecified atom stereocenters. The van der Waals surface area contributed by atoms with Gasteiger partial charge in [0.25, 0.3) is 6.43 Å². The fourth-order valence-corrected chi connectivity index (χ4v) is 0.692. The summed E-state index contributed by atoms with van der Waals surface area (Å²) in [4.78, 5) is 12.0. The minimum atomic E-state index is -2.67. The zero-order valence-electron chi connectivity index (χ0n) is 7.88. The first-order chi connectivity index (χ1) is 5.99. The summed E-state index contributed by atoms with van der Waals surface area (Å²) in [5, 5.41) is 0. The van der Waals surface area contributed by atoms with E-state index in [1.54, 1.807) is 6.92 Å². The van der Waals surface area contributed by atoms with Crippen molar-refractivity contribution in [1.29, 1.82) is 0 Å². The van der Waals surface area contributed by atoms with Crippen LogP contribution in [0.15, 0.2) is 11.8 Å². The molecule has 5 heteroatoms. The Morgan fingerprint density at radius 2 is 2.08 bits per heavy atom. The van der Waals surface area contributed by atoms with Gasteiger partial charge >= 0.3 is 5.97 Å². The second-order valence-electron chi connectivity index (χ2n) is 2.52. The molecule has 0 aromatic carbocycles. The standard InChI is InChI=1S/C8H13F2NO2/c1-4-13-7(12)5-6(8(9)10)11(2)3/h5,8H,4H2,1-3H3/b6-5-. The average Bonchev–Trinajstić information content (AvgIpc) is 1.99. The van der Waals surface area contributed by atoms with Crippen LogP contribution in [0.1, 0.15) is 6.92 Å². The van der Waals surface area contributed by atoms with Gasteiger partial charge in [0, 0.05) is 20.2 Å². The third-order valence-electron chi connectivity index (χ3n) is 1.29. The molecule has 0 aliphatic carbocycles. The first-order valence-corrected chi connectivity index (χ1v) is 3.82. The van der Waals surface area contributed by atoms with Crippen molar-refractivity contribution in [2.45, 2.75) is 13.3 Å². The summed E-state index contributed by atoms with van der Waals surface area (Å²) in [6, 6.07) is 0. The van der Waals surface area contributed by atoms with E-state index in [0.717, 1.165) is 6.08 Å². The molecule has 0 saturated heterocycles. The van der Waals surface area contributed by atoms with E-state index in [-0.39, 0.29) is 12.3 Å². The molecule has 0 bridgehead atoms. The summed E-state index contributed by atoms with van der Waals surface area (Å²) in [6.07, 6.45) is -1.87. The molecule has 0 atom stereocenters. The van der Waals surface area contributed by atoms with Crippen molar-refractivity contribution in [3.63, 3.8) is 0 Å². The van der Waals surface area contributed by atoms with E-state index < -0.39 is 12.4 Å². The Kier molecular flexibility index (Phi) is 5.03. The Balaban J connectivity index is 4.44. The quantitative estimate of drug-likeness (QED) is 0.497. The third-order valence-corrected chi connectivity index (χ3v) is 1.29. The minimum absolute atomic E-state index is 0.180. The van der Waals surface area contributed by atoms with Crippen LogP contribution in [0, 0.1) is 0 Å². The predicted octanol–water partition coefficient (Wildman–Crippen LogP) is 1.26. The molecule has 0 aromatic rings. The monoisotopic (exact) mass is 193 g/mol. The topological polar surface area (TPSA) is 29.5 Å². The highest BCUT2D eigenvalue weighted by atomic mass is 19.3. The zero-order valence-corrected chi connectivity index (χ0v) is 7.88. The largest absolute Gasteiger partial charge is 0.463 e. The summed E-state index contributed by atoms with van der Waals surface area (Å²) in [5.41, 5.74) is -0.349. The van der Waals surface area contributed by atoms with Gasteiger partial charge in [-0.15, -0.1) is 0 Å². The second-order valence-corrected chi connectivity index (χ2v) is 2.52. The van der Waals surface area contributed by atoms with Crippen molar-refractivity contribution in [2.24, 2.45) is 0 Å². The second kappa shape index (κ2) is 5.50. The Morgan fingerprint density at radius 3 is 2.38 bits per heavy atom. The molecular formula is C8H13F2NO2. The number of rotatable bonds is 4. The number of alkyl halides is 2. The van der Waals surface area contributed by atoms with Crippen LogP contribution in [0.5, 0.6) is 0 Å². The molecule has 0 rings (SSSR count). The maximum absolute atomic E-state index is 12.2. The molecule has 0 N–H and O–H groups in total. The summed E-state index contributed by atoms with van der Waals surface area (Å²) in [5.74, 6) is -0.744. The van der Waals surface area contributed by atoms with E-state index in [2.05, 4.69) is 4.74 Å². The van der Waals surface area contributed by atoms with Crippen LogP contribution in [0.3, 0.4) is 0 Å². The first kappa shape index (κ1) is 11.9. The van der Waals surface area contributed by atoms with Crippen molar-refractivity contribution < 1.29 is 18.3 Å². The number of ether oxygens (including phenoxy) is 1. The number of halogens is 2. The molecule has 0 aliphatic heterocycles. The van der Waals surface area contributed by atoms with E-state index in [9.17, 15) is 13.6 Å². The molecule has 0 radical (unpaired) electrons. The van der Waals surface area contributed by atoms with Crippen LogP contribution in [0.4, 0.5) is 8.78 Å². The predicted molar refractivity (Wildman–Crippen MR) is 44.4 cm³/mol. The highest BCUT2D eigenvalue weighted by molar-refractivity contribution is 5.82. The molecule has 0 spiro atoms.